The van der Waals surface area contributed by atoms with E-state index in [0.29, 0.717) is 0 Å². The van der Waals surface area contributed by atoms with Gasteiger partial charge in [0.05, 0.1) is 78.8 Å². The average Bonchev–Trinajstić information content (AvgIpc) is 1.57. The molecule has 27 aromatic rings. The maximum Gasteiger partial charge on any atom is 0.145 e. The summed E-state index contributed by atoms with van der Waals surface area (Å²) < 4.78 is 23.6. The minimum absolute atomic E-state index is 0.0336. The first-order chi connectivity index (χ1) is 71.3. The minimum Gasteiger partial charge on any atom is -0.464 e. The third-order valence-corrected chi connectivity index (χ3v) is 30.1. The molecule has 0 fully saturated rings. The largest absolute Gasteiger partial charge is 0.464 e. The van der Waals surface area contributed by atoms with Crippen LogP contribution in [0.4, 0.5) is 0 Å². The molecule has 0 radical (unpaired) electrons. The fourth-order valence-corrected chi connectivity index (χ4v) is 22.7. The van der Waals surface area contributed by atoms with E-state index < -0.39 is 0 Å². The molecule has 0 spiro atoms. The highest BCUT2D eigenvalue weighted by atomic mass is 16.3. The molecule has 0 saturated heterocycles. The quantitative estimate of drug-likeness (QED) is 0.122. The van der Waals surface area contributed by atoms with Gasteiger partial charge in [-0.25, -0.2) is 4.98 Å². The summed E-state index contributed by atoms with van der Waals surface area (Å²) in [6.07, 6.45) is 10.1. The van der Waals surface area contributed by atoms with Gasteiger partial charge in [0, 0.05) is 111 Å². The van der Waals surface area contributed by atoms with Crippen LogP contribution in [0.1, 0.15) is 63.8 Å². The number of para-hydroxylation sites is 7. The third-order valence-electron chi connectivity index (χ3n) is 30.1. The van der Waals surface area contributed by atoms with Crippen molar-refractivity contribution in [3.8, 4) is 107 Å². The van der Waals surface area contributed by atoms with Gasteiger partial charge >= 0.3 is 0 Å². The Kier molecular flexibility index (Phi) is 21.2. The number of imidazole rings is 1. The Morgan fingerprint density at radius 3 is 1.30 bits per heavy atom. The summed E-state index contributed by atoms with van der Waals surface area (Å²) in [6, 6.07) is 165. The molecular weight excluding hydrogens is 1760 g/mol. The zero-order valence-electron chi connectivity index (χ0n) is 81.2. The normalized spacial score (nSPS) is 13.0. The summed E-state index contributed by atoms with van der Waals surface area (Å²) >= 11 is 0. The molecule has 0 atom stereocenters. The fraction of sp³-hybridized carbons (Fsp3) is 0.0588. The summed E-state index contributed by atoms with van der Waals surface area (Å²) in [5.41, 5.74) is 42.8. The molecule has 9 heteroatoms. The van der Waals surface area contributed by atoms with Crippen molar-refractivity contribution in [2.24, 2.45) is 0 Å². The number of allylic oxidation sites excluding steroid dienone is 3. The van der Waals surface area contributed by atoms with Crippen LogP contribution in [0.25, 0.3) is 239 Å². The molecule has 29 rings (SSSR count). The summed E-state index contributed by atoms with van der Waals surface area (Å²) in [4.78, 5) is 9.78. The van der Waals surface area contributed by atoms with Gasteiger partial charge in [0.15, 0.2) is 0 Å². The average molecular weight is 1860 g/mol. The van der Waals surface area contributed by atoms with Gasteiger partial charge in [0.25, 0.3) is 0 Å². The monoisotopic (exact) mass is 1860 g/mol. The second-order valence-corrected chi connectivity index (χ2v) is 39.3. The number of aromatic nitrogens is 7. The van der Waals surface area contributed by atoms with Crippen LogP contribution >= 0.6 is 0 Å². The summed E-state index contributed by atoms with van der Waals surface area (Å²) in [7, 11) is 0. The number of pyridine rings is 1. The highest BCUT2D eigenvalue weighted by Gasteiger charge is 2.36. The molecule has 0 unspecified atom stereocenters. The lowest BCUT2D eigenvalue weighted by molar-refractivity contribution is 0.616. The molecule has 2 aliphatic rings. The van der Waals surface area contributed by atoms with Crippen LogP contribution in [-0.4, -0.2) is 32.8 Å². The van der Waals surface area contributed by atoms with E-state index in [-0.39, 0.29) is 10.8 Å². The number of rotatable bonds is 12. The summed E-state index contributed by atoms with van der Waals surface area (Å²) in [5, 5.41) is 12.2. The van der Waals surface area contributed by atoms with Crippen molar-refractivity contribution in [1.82, 2.24) is 32.8 Å². The zero-order valence-corrected chi connectivity index (χ0v) is 81.2. The van der Waals surface area contributed by atoms with Gasteiger partial charge in [-0.05, 0) is 268 Å². The number of furan rings is 2. The van der Waals surface area contributed by atoms with Crippen LogP contribution in [0.2, 0.25) is 0 Å². The Morgan fingerprint density at radius 1 is 0.269 bits per heavy atom. The van der Waals surface area contributed by atoms with Gasteiger partial charge < -0.3 is 27.1 Å². The second kappa shape index (κ2) is 35.4. The first-order valence-corrected chi connectivity index (χ1v) is 49.9. The van der Waals surface area contributed by atoms with E-state index in [2.05, 4.69) is 524 Å². The molecule has 19 aromatic carbocycles. The number of fused-ring (bicyclic) bond motifs is 20. The van der Waals surface area contributed by atoms with Crippen LogP contribution in [0.5, 0.6) is 0 Å². The molecule has 0 amide bonds. The maximum atomic E-state index is 5.95. The van der Waals surface area contributed by atoms with Crippen molar-refractivity contribution in [1.29, 1.82) is 0 Å². The second-order valence-electron chi connectivity index (χ2n) is 39.3. The number of hydrogen-bond donors (Lipinski definition) is 0. The fourth-order valence-electron chi connectivity index (χ4n) is 22.7. The van der Waals surface area contributed by atoms with Crippen LogP contribution in [0.3, 0.4) is 0 Å². The molecule has 8 aromatic heterocycles. The standard InChI is InChI=1S/C38H31N3.C35H27N.C32H21NO.C31H20N2O/c1-24-25(2)38(3,4)32-22-31-29-17-8-10-19-34(29)40(36(31)23-30(24)32)28-16-12-13-26(21-28)37-39-33-18-9-11-20-35(33)41(37)27-14-6-5-7-15-27;1-35(2)20-19-31-32(35)18-17-30-29-15-9-10-16-33(29)36(34(30)31)28-22-26(24-11-5-3-6-12-24)21-27(23-28)25-13-7-4-8-14-25;1-3-9-22(10-4-1)24-19-25(23-11-5-2-6-12-23)21-26(20-24)33-30-14-8-7-13-27(30)28-15-16-31-29(32(28)33)17-18-34-31;1-2-8-21(9-3-1)23-18-24(27-11-6-7-16-32-27)20-25(19-23)33-28-12-5-4-10-26(28)30-29(33)14-13-22-15-17-34-31(22)30/h5-23H,1-4H3;3-23H,1-2H3;1-21H;1-20H. The lowest BCUT2D eigenvalue weighted by atomic mass is 9.81. The van der Waals surface area contributed by atoms with Gasteiger partial charge in [-0.3, -0.25) is 9.55 Å². The first kappa shape index (κ1) is 86.9. The van der Waals surface area contributed by atoms with Crippen LogP contribution < -0.4 is 0 Å². The predicted molar refractivity (Wildman–Crippen MR) is 606 cm³/mol. The van der Waals surface area contributed by atoms with E-state index in [1.165, 1.54) is 160 Å². The van der Waals surface area contributed by atoms with Crippen molar-refractivity contribution in [3.63, 3.8) is 0 Å². The van der Waals surface area contributed by atoms with E-state index in [1.54, 1.807) is 12.5 Å². The van der Waals surface area contributed by atoms with Gasteiger partial charge in [-0.15, -0.1) is 0 Å². The van der Waals surface area contributed by atoms with E-state index in [0.717, 1.165) is 100 Å². The van der Waals surface area contributed by atoms with Crippen molar-refractivity contribution in [2.75, 3.05) is 0 Å². The Labute approximate surface area is 840 Å². The molecule has 8 heterocycles. The molecule has 2 aliphatic carbocycles. The van der Waals surface area contributed by atoms with E-state index in [1.807, 2.05) is 24.4 Å². The Morgan fingerprint density at radius 2 is 0.717 bits per heavy atom. The molecular formula is C136H99N7O2. The van der Waals surface area contributed by atoms with E-state index in [4.69, 9.17) is 13.8 Å². The lowest BCUT2D eigenvalue weighted by Gasteiger charge is -2.22. The molecule has 0 bridgehead atoms. The molecule has 0 N–H and O–H groups in total. The minimum atomic E-state index is 0.0336. The van der Waals surface area contributed by atoms with E-state index in [9.17, 15) is 0 Å². The summed E-state index contributed by atoms with van der Waals surface area (Å²) in [5.74, 6) is 0.942. The van der Waals surface area contributed by atoms with Gasteiger partial charge in [-0.2, -0.15) is 0 Å². The topological polar surface area (TPSA) is 76.7 Å². The van der Waals surface area contributed by atoms with Crippen LogP contribution in [0, 0.1) is 0 Å². The van der Waals surface area contributed by atoms with E-state index >= 15 is 0 Å². The predicted octanol–water partition coefficient (Wildman–Crippen LogP) is 36.4. The molecule has 0 aliphatic heterocycles. The van der Waals surface area contributed by atoms with Crippen LogP contribution in [0.15, 0.2) is 500 Å². The van der Waals surface area contributed by atoms with Crippen molar-refractivity contribution < 1.29 is 8.83 Å². The van der Waals surface area contributed by atoms with Crippen molar-refractivity contribution in [3.05, 3.63) is 514 Å². The molecule has 0 saturated carbocycles. The van der Waals surface area contributed by atoms with Gasteiger partial charge in [0.2, 0.25) is 0 Å². The summed E-state index contributed by atoms with van der Waals surface area (Å²) in [6.45, 7) is 13.9. The van der Waals surface area contributed by atoms with Crippen LogP contribution in [-0.2, 0) is 10.8 Å². The number of hydrogen-bond acceptors (Lipinski definition) is 4. The van der Waals surface area contributed by atoms with Crippen molar-refractivity contribution in [2.45, 2.75) is 52.4 Å². The Balaban J connectivity index is 0.0000000987. The lowest BCUT2D eigenvalue weighted by Crippen LogP contribution is -2.15. The van der Waals surface area contributed by atoms with Gasteiger partial charge in [-0.1, -0.05) is 331 Å². The van der Waals surface area contributed by atoms with Crippen molar-refractivity contribution >= 4 is 132 Å². The number of benzene rings is 19. The first-order valence-electron chi connectivity index (χ1n) is 49.9. The van der Waals surface area contributed by atoms with Gasteiger partial charge in [0.1, 0.15) is 17.0 Å². The molecule has 9 nitrogen and oxygen atoms in total. The SMILES string of the molecule is CC1(C)C=Cc2c1ccc1c3ccccc3n(-c3cc(-c4ccccc4)cc(-c4ccccc4)c3)c21.CC1=C(C)C(C)(C)c2cc3c4ccccc4n(-c4cccc(-c5nc6ccccc6n5-c5ccccc5)c4)c3cc21.c1ccc(-c2cc(-c3ccccc3)cc(-n3c4ccccc4c4ccc5occc5c43)c2)cc1.c1ccc(-c2cc(-c3ccccn3)cc(-n3c4ccccc4c4c5occc5ccc43)c2)cc1. The Bertz CT molecular complexity index is 9630. The Hall–Kier alpha value is -18.4. The molecule has 145 heavy (non-hydrogen) atoms. The highest BCUT2D eigenvalue weighted by Crippen LogP contribution is 2.51. The third kappa shape index (κ3) is 15.0. The zero-order chi connectivity index (χ0) is 97.1. The molecule has 690 valence electrons. The smallest absolute Gasteiger partial charge is 0.145 e. The number of nitrogens with zero attached hydrogens (tertiary/aromatic N) is 7. The highest BCUT2D eigenvalue weighted by molar-refractivity contribution is 6.21. The maximum absolute atomic E-state index is 5.95.